The molecule has 0 unspecified atom stereocenters. The van der Waals surface area contributed by atoms with E-state index in [4.69, 9.17) is 26.2 Å². The van der Waals surface area contributed by atoms with Crippen molar-refractivity contribution < 1.29 is 19.4 Å². The number of methoxy groups -OCH3 is 1. The predicted molar refractivity (Wildman–Crippen MR) is 116 cm³/mol. The number of halogens is 1. The zero-order chi connectivity index (χ0) is 21.5. The summed E-state index contributed by atoms with van der Waals surface area (Å²) in [5, 5.41) is 18.9. The summed E-state index contributed by atoms with van der Waals surface area (Å²) in [7, 11) is 1.59. The normalized spacial score (nSPS) is 10.9. The molecule has 0 saturated carbocycles. The van der Waals surface area contributed by atoms with Crippen LogP contribution in [0.15, 0.2) is 66.7 Å². The summed E-state index contributed by atoms with van der Waals surface area (Å²) in [5.74, 6) is 0.248. The fourth-order valence-corrected chi connectivity index (χ4v) is 2.99. The van der Waals surface area contributed by atoms with Gasteiger partial charge in [-0.1, -0.05) is 29.8 Å². The van der Waals surface area contributed by atoms with Crippen molar-refractivity contribution in [3.8, 4) is 17.6 Å². The molecule has 0 saturated heterocycles. The Morgan fingerprint density at radius 2 is 1.73 bits per heavy atom. The average molecular weight is 420 g/mol. The van der Waals surface area contributed by atoms with Crippen LogP contribution in [0.5, 0.6) is 11.5 Å². The summed E-state index contributed by atoms with van der Waals surface area (Å²) in [6.07, 6.45) is 1.75. The van der Waals surface area contributed by atoms with Gasteiger partial charge in [0.2, 0.25) is 0 Å². The number of carboxylic acids is 1. The van der Waals surface area contributed by atoms with Gasteiger partial charge in [0.1, 0.15) is 18.1 Å². The molecule has 1 N–H and O–H groups in total. The Bertz CT molecular complexity index is 1110. The molecule has 5 nitrogen and oxygen atoms in total. The van der Waals surface area contributed by atoms with Crippen molar-refractivity contribution in [2.75, 3.05) is 7.11 Å². The van der Waals surface area contributed by atoms with Crippen LogP contribution < -0.4 is 9.47 Å². The van der Waals surface area contributed by atoms with Crippen molar-refractivity contribution in [3.63, 3.8) is 0 Å². The van der Waals surface area contributed by atoms with Gasteiger partial charge in [0.15, 0.2) is 0 Å². The molecule has 0 atom stereocenters. The van der Waals surface area contributed by atoms with Crippen LogP contribution >= 0.6 is 11.6 Å². The summed E-state index contributed by atoms with van der Waals surface area (Å²) >= 11 is 6.34. The van der Waals surface area contributed by atoms with E-state index in [1.807, 2.05) is 18.2 Å². The number of benzene rings is 3. The van der Waals surface area contributed by atoms with E-state index in [1.54, 1.807) is 49.6 Å². The predicted octanol–water partition coefficient (Wildman–Crippen LogP) is 5.69. The Morgan fingerprint density at radius 3 is 2.30 bits per heavy atom. The molecular weight excluding hydrogens is 402 g/mol. The first-order valence-electron chi connectivity index (χ1n) is 9.01. The zero-order valence-corrected chi connectivity index (χ0v) is 16.9. The molecule has 3 aromatic carbocycles. The highest BCUT2D eigenvalue weighted by Gasteiger charge is 2.07. The SMILES string of the molecule is COc1ccc(/C(C#N)=C/c2ccc(OCc3ccc(C(=O)O)cc3)c(Cl)c2)cc1. The fourth-order valence-electron chi connectivity index (χ4n) is 2.75. The number of hydrogen-bond donors (Lipinski definition) is 1. The Morgan fingerprint density at radius 1 is 1.07 bits per heavy atom. The number of carboxylic acid groups (broad SMARTS) is 1. The lowest BCUT2D eigenvalue weighted by Gasteiger charge is -2.09. The van der Waals surface area contributed by atoms with Crippen molar-refractivity contribution in [3.05, 3.63) is 94.0 Å². The van der Waals surface area contributed by atoms with Gasteiger partial charge in [-0.3, -0.25) is 0 Å². The first-order chi connectivity index (χ1) is 14.5. The monoisotopic (exact) mass is 419 g/mol. The number of ether oxygens (including phenoxy) is 2. The van der Waals surface area contributed by atoms with E-state index in [-0.39, 0.29) is 12.2 Å². The Labute approximate surface area is 179 Å². The van der Waals surface area contributed by atoms with Gasteiger partial charge in [-0.05, 0) is 71.3 Å². The first kappa shape index (κ1) is 21.0. The molecule has 0 aromatic heterocycles. The molecule has 0 spiro atoms. The van der Waals surface area contributed by atoms with Crippen LogP contribution in [0.4, 0.5) is 0 Å². The van der Waals surface area contributed by atoms with Gasteiger partial charge in [0, 0.05) is 0 Å². The lowest BCUT2D eigenvalue weighted by atomic mass is 10.0. The highest BCUT2D eigenvalue weighted by Crippen LogP contribution is 2.28. The van der Waals surface area contributed by atoms with Crippen molar-refractivity contribution in [2.45, 2.75) is 6.61 Å². The Kier molecular flexibility index (Phi) is 6.74. The van der Waals surface area contributed by atoms with Crippen molar-refractivity contribution in [1.82, 2.24) is 0 Å². The fraction of sp³-hybridized carbons (Fsp3) is 0.0833. The van der Waals surface area contributed by atoms with E-state index in [2.05, 4.69) is 6.07 Å². The number of allylic oxidation sites excluding steroid dienone is 1. The van der Waals surface area contributed by atoms with Crippen molar-refractivity contribution in [1.29, 1.82) is 5.26 Å². The third kappa shape index (κ3) is 5.19. The summed E-state index contributed by atoms with van der Waals surface area (Å²) in [6, 6.07) is 21.2. The summed E-state index contributed by atoms with van der Waals surface area (Å²) < 4.78 is 10.9. The third-order valence-corrected chi connectivity index (χ3v) is 4.68. The highest BCUT2D eigenvalue weighted by atomic mass is 35.5. The third-order valence-electron chi connectivity index (χ3n) is 4.38. The Balaban J connectivity index is 1.72. The molecule has 6 heteroatoms. The number of nitrogens with zero attached hydrogens (tertiary/aromatic N) is 1. The van der Waals surface area contributed by atoms with Crippen LogP contribution in [-0.4, -0.2) is 18.2 Å². The smallest absolute Gasteiger partial charge is 0.335 e. The number of hydrogen-bond acceptors (Lipinski definition) is 4. The molecule has 0 bridgehead atoms. The van der Waals surface area contributed by atoms with E-state index < -0.39 is 5.97 Å². The molecule has 30 heavy (non-hydrogen) atoms. The second kappa shape index (κ2) is 9.64. The molecule has 0 aliphatic carbocycles. The summed E-state index contributed by atoms with van der Waals surface area (Å²) in [4.78, 5) is 10.9. The summed E-state index contributed by atoms with van der Waals surface area (Å²) in [5.41, 5.74) is 3.09. The van der Waals surface area contributed by atoms with Crippen LogP contribution in [0.3, 0.4) is 0 Å². The Hall–Kier alpha value is -3.75. The number of carbonyl (C=O) groups is 1. The second-order valence-corrected chi connectivity index (χ2v) is 6.79. The maximum Gasteiger partial charge on any atom is 0.335 e. The van der Waals surface area contributed by atoms with Crippen LogP contribution in [0.1, 0.15) is 27.0 Å². The van der Waals surface area contributed by atoms with E-state index in [0.717, 1.165) is 22.4 Å². The van der Waals surface area contributed by atoms with E-state index in [9.17, 15) is 10.1 Å². The average Bonchev–Trinajstić information content (AvgIpc) is 2.77. The number of rotatable bonds is 7. The second-order valence-electron chi connectivity index (χ2n) is 6.38. The maximum atomic E-state index is 10.9. The topological polar surface area (TPSA) is 79.5 Å². The van der Waals surface area contributed by atoms with Gasteiger partial charge >= 0.3 is 5.97 Å². The van der Waals surface area contributed by atoms with Gasteiger partial charge in [-0.25, -0.2) is 4.79 Å². The van der Waals surface area contributed by atoms with Crippen LogP contribution in [0, 0.1) is 11.3 Å². The molecule has 0 aliphatic heterocycles. The summed E-state index contributed by atoms with van der Waals surface area (Å²) in [6.45, 7) is 0.254. The standard InChI is InChI=1S/C24H18ClNO4/c1-29-21-9-7-18(8-10-21)20(14-26)12-17-4-11-23(22(25)13-17)30-15-16-2-5-19(6-3-16)24(27)28/h2-13H,15H2,1H3,(H,27,28)/b20-12+. The molecule has 0 amide bonds. The number of aromatic carboxylic acids is 1. The largest absolute Gasteiger partial charge is 0.497 e. The highest BCUT2D eigenvalue weighted by molar-refractivity contribution is 6.32. The molecule has 0 heterocycles. The van der Waals surface area contributed by atoms with Gasteiger partial charge < -0.3 is 14.6 Å². The molecule has 0 radical (unpaired) electrons. The molecular formula is C24H18ClNO4. The van der Waals surface area contributed by atoms with Gasteiger partial charge in [-0.2, -0.15) is 5.26 Å². The minimum absolute atomic E-state index is 0.220. The molecule has 3 aromatic rings. The molecule has 150 valence electrons. The lowest BCUT2D eigenvalue weighted by Crippen LogP contribution is -1.99. The van der Waals surface area contributed by atoms with Crippen LogP contribution in [0.25, 0.3) is 11.6 Å². The zero-order valence-electron chi connectivity index (χ0n) is 16.1. The minimum atomic E-state index is -0.972. The van der Waals surface area contributed by atoms with Crippen molar-refractivity contribution >= 4 is 29.2 Å². The van der Waals surface area contributed by atoms with Gasteiger partial charge in [0.05, 0.1) is 29.3 Å². The van der Waals surface area contributed by atoms with E-state index in [1.165, 1.54) is 12.1 Å². The lowest BCUT2D eigenvalue weighted by molar-refractivity contribution is 0.0697. The van der Waals surface area contributed by atoms with Crippen LogP contribution in [-0.2, 0) is 6.61 Å². The quantitative estimate of drug-likeness (QED) is 0.393. The minimum Gasteiger partial charge on any atom is -0.497 e. The molecule has 3 rings (SSSR count). The molecule has 0 aliphatic rings. The van der Waals surface area contributed by atoms with E-state index >= 15 is 0 Å². The maximum absolute atomic E-state index is 10.9. The van der Waals surface area contributed by atoms with Crippen molar-refractivity contribution in [2.24, 2.45) is 0 Å². The molecule has 0 fully saturated rings. The van der Waals surface area contributed by atoms with E-state index in [0.29, 0.717) is 16.3 Å². The van der Waals surface area contributed by atoms with Gasteiger partial charge in [0.25, 0.3) is 0 Å². The first-order valence-corrected chi connectivity index (χ1v) is 9.39. The number of nitriles is 1. The van der Waals surface area contributed by atoms with Gasteiger partial charge in [-0.15, -0.1) is 0 Å². The van der Waals surface area contributed by atoms with Crippen LogP contribution in [0.2, 0.25) is 5.02 Å².